The summed E-state index contributed by atoms with van der Waals surface area (Å²) in [5.41, 5.74) is 0.331. The van der Waals surface area contributed by atoms with Crippen molar-refractivity contribution in [3.63, 3.8) is 0 Å². The Morgan fingerprint density at radius 1 is 1.07 bits per heavy atom. The van der Waals surface area contributed by atoms with Crippen LogP contribution >= 0.6 is 0 Å². The van der Waals surface area contributed by atoms with Crippen molar-refractivity contribution >= 4 is 5.97 Å². The van der Waals surface area contributed by atoms with E-state index < -0.39 is 0 Å². The summed E-state index contributed by atoms with van der Waals surface area (Å²) in [6.45, 7) is 18.3. The minimum absolute atomic E-state index is 0.0188. The lowest BCUT2D eigenvalue weighted by Gasteiger charge is -2.62. The number of esters is 1. The standard InChI is InChI=1S/C35H59N2O4/c1-5-10-32(39)41-33-30(37(17-6-2)18-8-7-9-19-37)23-28-26-12-11-25-22-31(38)29(36-15-20-40-21-16-36)24-35(25,4)27(26)13-14-34(28,33)3/h6,25-31,33,38H,2,5,7-24H2,1,3-4H3/q+1/t25-,26+,27-,28-,29-,30-,31-,33-,34-,35-/m0/s1. The number of quaternary nitrogens is 1. The summed E-state index contributed by atoms with van der Waals surface area (Å²) >= 11 is 0. The van der Waals surface area contributed by atoms with E-state index in [-0.39, 0.29) is 35.0 Å². The zero-order chi connectivity index (χ0) is 28.8. The van der Waals surface area contributed by atoms with Crippen molar-refractivity contribution in [1.29, 1.82) is 0 Å². The van der Waals surface area contributed by atoms with Crippen LogP contribution in [0, 0.1) is 34.5 Å². The van der Waals surface area contributed by atoms with Gasteiger partial charge in [-0.1, -0.05) is 27.4 Å². The third kappa shape index (κ3) is 5.15. The molecular weight excluding hydrogens is 512 g/mol. The molecule has 0 bridgehead atoms. The summed E-state index contributed by atoms with van der Waals surface area (Å²) in [7, 11) is 0. The van der Waals surface area contributed by atoms with Crippen LogP contribution in [-0.4, -0.2) is 90.7 Å². The predicted octanol–water partition coefficient (Wildman–Crippen LogP) is 5.58. The number of rotatable bonds is 7. The highest BCUT2D eigenvalue weighted by molar-refractivity contribution is 5.69. The average molecular weight is 572 g/mol. The van der Waals surface area contributed by atoms with Crippen LogP contribution in [0.2, 0.25) is 0 Å². The zero-order valence-corrected chi connectivity index (χ0v) is 26.4. The zero-order valence-electron chi connectivity index (χ0n) is 26.4. The van der Waals surface area contributed by atoms with E-state index in [2.05, 4.69) is 38.3 Å². The molecule has 6 rings (SSSR count). The van der Waals surface area contributed by atoms with Gasteiger partial charge in [0, 0.05) is 37.4 Å². The van der Waals surface area contributed by atoms with Gasteiger partial charge in [0.25, 0.3) is 0 Å². The van der Waals surface area contributed by atoms with E-state index in [0.29, 0.717) is 36.1 Å². The number of aliphatic hydroxyl groups excluding tert-OH is 1. The van der Waals surface area contributed by atoms with Crippen LogP contribution in [0.1, 0.15) is 97.8 Å². The molecule has 0 spiro atoms. The summed E-state index contributed by atoms with van der Waals surface area (Å²) in [4.78, 5) is 15.7. The lowest BCUT2D eigenvalue weighted by molar-refractivity contribution is -0.952. The van der Waals surface area contributed by atoms with Crippen molar-refractivity contribution in [2.24, 2.45) is 34.5 Å². The highest BCUT2D eigenvalue weighted by Crippen LogP contribution is 2.67. The average Bonchev–Trinajstić information content (AvgIpc) is 3.27. The van der Waals surface area contributed by atoms with Crippen molar-refractivity contribution in [2.45, 2.75) is 122 Å². The van der Waals surface area contributed by atoms with Gasteiger partial charge < -0.3 is 19.1 Å². The molecule has 4 aliphatic carbocycles. The third-order valence-electron chi connectivity index (χ3n) is 13.7. The molecule has 0 amide bonds. The molecule has 2 aliphatic heterocycles. The molecule has 6 heteroatoms. The Bertz CT molecular complexity index is 944. The molecular formula is C35H59N2O4+. The first kappa shape index (κ1) is 30.1. The van der Waals surface area contributed by atoms with E-state index in [1.807, 2.05) is 0 Å². The molecule has 0 aromatic rings. The molecule has 0 radical (unpaired) electrons. The fourth-order valence-corrected chi connectivity index (χ4v) is 11.7. The van der Waals surface area contributed by atoms with Crippen LogP contribution in [0.25, 0.3) is 0 Å². The molecule has 0 aromatic heterocycles. The normalized spacial score (nSPS) is 46.1. The monoisotopic (exact) mass is 571 g/mol. The maximum Gasteiger partial charge on any atom is 0.306 e. The molecule has 6 fully saturated rings. The summed E-state index contributed by atoms with van der Waals surface area (Å²) in [5.74, 6) is 2.65. The van der Waals surface area contributed by atoms with E-state index in [4.69, 9.17) is 9.47 Å². The van der Waals surface area contributed by atoms with Crippen molar-refractivity contribution < 1.29 is 23.9 Å². The van der Waals surface area contributed by atoms with Gasteiger partial charge in [-0.2, -0.15) is 0 Å². The van der Waals surface area contributed by atoms with E-state index in [1.165, 1.54) is 64.5 Å². The summed E-state index contributed by atoms with van der Waals surface area (Å²) in [6.07, 6.45) is 15.4. The van der Waals surface area contributed by atoms with Gasteiger partial charge in [-0.05, 0) is 99.4 Å². The SMILES string of the molecule is C=CC[N+]1([C@H]2C[C@H]3[C@@H]4CC[C@H]5C[C@H](O)[C@@H](N6CCOCC6)C[C@]5(C)[C@H]4CC[C@]3(C)[C@H]2OC(=O)CCC)CCCCC1. The minimum Gasteiger partial charge on any atom is -0.455 e. The Labute approximate surface area is 249 Å². The molecule has 232 valence electrons. The van der Waals surface area contributed by atoms with Gasteiger partial charge in [0.1, 0.15) is 6.04 Å². The van der Waals surface area contributed by atoms with E-state index in [1.54, 1.807) is 0 Å². The van der Waals surface area contributed by atoms with Crippen LogP contribution in [0.4, 0.5) is 0 Å². The Morgan fingerprint density at radius 2 is 1.83 bits per heavy atom. The largest absolute Gasteiger partial charge is 0.455 e. The number of carbonyl (C=O) groups is 1. The second kappa shape index (κ2) is 11.9. The highest BCUT2D eigenvalue weighted by atomic mass is 16.5. The molecule has 4 saturated carbocycles. The fourth-order valence-electron chi connectivity index (χ4n) is 11.7. The summed E-state index contributed by atoms with van der Waals surface area (Å²) in [5, 5.41) is 11.3. The number of fused-ring (bicyclic) bond motifs is 5. The second-order valence-electron chi connectivity index (χ2n) is 15.6. The molecule has 10 atom stereocenters. The lowest BCUT2D eigenvalue weighted by atomic mass is 9.44. The van der Waals surface area contributed by atoms with Crippen LogP contribution in [-0.2, 0) is 14.3 Å². The number of nitrogens with zero attached hydrogens (tertiary/aromatic N) is 2. The number of likely N-dealkylation sites (tertiary alicyclic amines) is 1. The second-order valence-corrected chi connectivity index (χ2v) is 15.6. The van der Waals surface area contributed by atoms with Gasteiger partial charge in [-0.15, -0.1) is 0 Å². The van der Waals surface area contributed by atoms with E-state index in [9.17, 15) is 9.90 Å². The molecule has 2 saturated heterocycles. The van der Waals surface area contributed by atoms with Gasteiger partial charge >= 0.3 is 5.97 Å². The molecule has 6 aliphatic rings. The van der Waals surface area contributed by atoms with Crippen molar-refractivity contribution in [1.82, 2.24) is 4.90 Å². The Morgan fingerprint density at radius 3 is 2.54 bits per heavy atom. The van der Waals surface area contributed by atoms with E-state index >= 15 is 0 Å². The maximum absolute atomic E-state index is 13.2. The van der Waals surface area contributed by atoms with Crippen LogP contribution < -0.4 is 0 Å². The number of ether oxygens (including phenoxy) is 2. The molecule has 41 heavy (non-hydrogen) atoms. The fraction of sp³-hybridized carbons (Fsp3) is 0.914. The number of aliphatic hydroxyl groups is 1. The third-order valence-corrected chi connectivity index (χ3v) is 13.7. The molecule has 1 N–H and O–H groups in total. The Hall–Kier alpha value is -0.950. The number of carbonyl (C=O) groups excluding carboxylic acids is 1. The lowest BCUT2D eigenvalue weighted by Crippen LogP contribution is -2.63. The Kier molecular flexibility index (Phi) is 8.70. The van der Waals surface area contributed by atoms with Crippen LogP contribution in [0.15, 0.2) is 12.7 Å². The maximum atomic E-state index is 13.2. The van der Waals surface area contributed by atoms with Gasteiger partial charge in [0.05, 0.1) is 39.0 Å². The summed E-state index contributed by atoms with van der Waals surface area (Å²) in [6, 6.07) is 0.656. The smallest absolute Gasteiger partial charge is 0.306 e. The molecule has 0 aromatic carbocycles. The number of morpholine rings is 1. The molecule has 6 nitrogen and oxygen atoms in total. The van der Waals surface area contributed by atoms with Gasteiger partial charge in [-0.3, -0.25) is 9.69 Å². The quantitative estimate of drug-likeness (QED) is 0.246. The number of hydrogen-bond donors (Lipinski definition) is 1. The van der Waals surface area contributed by atoms with Crippen molar-refractivity contribution in [2.75, 3.05) is 45.9 Å². The Balaban J connectivity index is 1.30. The van der Waals surface area contributed by atoms with Crippen molar-refractivity contribution in [3.8, 4) is 0 Å². The molecule has 2 heterocycles. The van der Waals surface area contributed by atoms with E-state index in [0.717, 1.165) is 56.6 Å². The first-order valence-corrected chi connectivity index (χ1v) is 17.4. The summed E-state index contributed by atoms with van der Waals surface area (Å²) < 4.78 is 13.4. The van der Waals surface area contributed by atoms with Crippen LogP contribution in [0.5, 0.6) is 0 Å². The number of piperidine rings is 1. The molecule has 0 unspecified atom stereocenters. The highest BCUT2D eigenvalue weighted by Gasteiger charge is 2.67. The minimum atomic E-state index is -0.211. The van der Waals surface area contributed by atoms with Crippen molar-refractivity contribution in [3.05, 3.63) is 12.7 Å². The van der Waals surface area contributed by atoms with Gasteiger partial charge in [-0.25, -0.2) is 0 Å². The van der Waals surface area contributed by atoms with Gasteiger partial charge in [0.15, 0.2) is 6.10 Å². The topological polar surface area (TPSA) is 59.0 Å². The van der Waals surface area contributed by atoms with Gasteiger partial charge in [0.2, 0.25) is 0 Å². The first-order chi connectivity index (χ1) is 19.8. The predicted molar refractivity (Wildman–Crippen MR) is 162 cm³/mol. The first-order valence-electron chi connectivity index (χ1n) is 17.4. The number of hydrogen-bond acceptors (Lipinski definition) is 5. The van der Waals surface area contributed by atoms with Crippen LogP contribution in [0.3, 0.4) is 0 Å².